The first-order valence-corrected chi connectivity index (χ1v) is 9.52. The van der Waals surface area contributed by atoms with Crippen LogP contribution < -0.4 is 10.1 Å². The summed E-state index contributed by atoms with van der Waals surface area (Å²) in [6, 6.07) is 20.3. The number of nitriles is 1. The number of nitro groups is 2. The van der Waals surface area contributed by atoms with Gasteiger partial charge in [-0.15, -0.1) is 0 Å². The van der Waals surface area contributed by atoms with Crippen molar-refractivity contribution >= 4 is 23.4 Å². The van der Waals surface area contributed by atoms with E-state index in [0.717, 1.165) is 23.8 Å². The summed E-state index contributed by atoms with van der Waals surface area (Å²) in [6.45, 7) is 0.228. The first-order chi connectivity index (χ1) is 15.9. The number of hydrogen-bond donors (Lipinski definition) is 1. The van der Waals surface area contributed by atoms with E-state index < -0.39 is 27.1 Å². The molecule has 164 valence electrons. The number of amides is 1. The molecule has 10 heteroatoms. The molecule has 3 aromatic rings. The maximum absolute atomic E-state index is 12.5. The molecule has 1 N–H and O–H groups in total. The Hall–Kier alpha value is -5.04. The molecular weight excluding hydrogens is 428 g/mol. The summed E-state index contributed by atoms with van der Waals surface area (Å²) in [4.78, 5) is 33.2. The average Bonchev–Trinajstić information content (AvgIpc) is 2.82. The van der Waals surface area contributed by atoms with Crippen LogP contribution in [0.1, 0.15) is 11.1 Å². The fourth-order valence-corrected chi connectivity index (χ4v) is 2.84. The van der Waals surface area contributed by atoms with E-state index in [4.69, 9.17) is 4.74 Å². The Bertz CT molecular complexity index is 1280. The van der Waals surface area contributed by atoms with E-state index in [9.17, 15) is 30.3 Å². The largest absolute Gasteiger partial charge is 0.449 e. The van der Waals surface area contributed by atoms with Crippen molar-refractivity contribution in [1.29, 1.82) is 5.26 Å². The predicted octanol–water partition coefficient (Wildman–Crippen LogP) is 4.52. The molecule has 0 unspecified atom stereocenters. The number of nitrogens with zero attached hydrogens (tertiary/aromatic N) is 3. The van der Waals surface area contributed by atoms with E-state index in [1.807, 2.05) is 36.4 Å². The standard InChI is InChI=1S/C23H16N4O6/c24-14-18(23(28)25-15-16-6-2-1-3-7-16)12-17-8-4-5-9-21(17)33-22-11-10-19(26(29)30)13-20(22)27(31)32/h1-13H,15H2,(H,25,28)/b18-12+. The Labute approximate surface area is 187 Å². The normalized spacial score (nSPS) is 10.7. The van der Waals surface area contributed by atoms with Gasteiger partial charge < -0.3 is 10.1 Å². The molecule has 0 radical (unpaired) electrons. The lowest BCUT2D eigenvalue weighted by atomic mass is 10.1. The number of carbonyl (C=O) groups excluding carboxylic acids is 1. The highest BCUT2D eigenvalue weighted by atomic mass is 16.6. The highest BCUT2D eigenvalue weighted by Gasteiger charge is 2.22. The molecule has 0 saturated carbocycles. The van der Waals surface area contributed by atoms with Gasteiger partial charge in [-0.05, 0) is 23.8 Å². The van der Waals surface area contributed by atoms with Gasteiger partial charge in [0.15, 0.2) is 0 Å². The number of benzene rings is 3. The summed E-state index contributed by atoms with van der Waals surface area (Å²) >= 11 is 0. The first-order valence-electron chi connectivity index (χ1n) is 9.52. The van der Waals surface area contributed by atoms with E-state index in [1.54, 1.807) is 18.2 Å². The van der Waals surface area contributed by atoms with E-state index in [-0.39, 0.29) is 23.6 Å². The van der Waals surface area contributed by atoms with Crippen molar-refractivity contribution < 1.29 is 19.4 Å². The van der Waals surface area contributed by atoms with Crippen LogP contribution in [0.5, 0.6) is 11.5 Å². The zero-order valence-electron chi connectivity index (χ0n) is 17.0. The second kappa shape index (κ2) is 10.3. The van der Waals surface area contributed by atoms with Crippen molar-refractivity contribution in [3.8, 4) is 17.6 Å². The summed E-state index contributed by atoms with van der Waals surface area (Å²) in [5.74, 6) is -0.700. The van der Waals surface area contributed by atoms with Crippen LogP contribution in [-0.4, -0.2) is 15.8 Å². The smallest absolute Gasteiger partial charge is 0.318 e. The van der Waals surface area contributed by atoms with Crippen LogP contribution in [0.3, 0.4) is 0 Å². The van der Waals surface area contributed by atoms with Crippen molar-refractivity contribution in [2.75, 3.05) is 0 Å². The van der Waals surface area contributed by atoms with Gasteiger partial charge in [0.25, 0.3) is 11.6 Å². The molecule has 0 atom stereocenters. The molecule has 0 aliphatic carbocycles. The molecule has 0 fully saturated rings. The third kappa shape index (κ3) is 5.77. The van der Waals surface area contributed by atoms with Crippen molar-refractivity contribution in [2.24, 2.45) is 0 Å². The highest BCUT2D eigenvalue weighted by molar-refractivity contribution is 6.01. The topological polar surface area (TPSA) is 148 Å². The Kier molecular flexibility index (Phi) is 7.08. The van der Waals surface area contributed by atoms with Crippen molar-refractivity contribution in [3.05, 3.63) is 110 Å². The number of ether oxygens (including phenoxy) is 1. The minimum absolute atomic E-state index is 0.123. The van der Waals surface area contributed by atoms with Crippen LogP contribution in [0, 0.1) is 31.6 Å². The fourth-order valence-electron chi connectivity index (χ4n) is 2.84. The number of rotatable bonds is 8. The molecular formula is C23H16N4O6. The van der Waals surface area contributed by atoms with E-state index in [1.165, 1.54) is 12.1 Å². The molecule has 33 heavy (non-hydrogen) atoms. The van der Waals surface area contributed by atoms with Gasteiger partial charge >= 0.3 is 5.69 Å². The van der Waals surface area contributed by atoms with E-state index in [2.05, 4.69) is 5.32 Å². The quantitative estimate of drug-likeness (QED) is 0.232. The van der Waals surface area contributed by atoms with Gasteiger partial charge in [-0.2, -0.15) is 5.26 Å². The van der Waals surface area contributed by atoms with Gasteiger partial charge in [0, 0.05) is 18.2 Å². The molecule has 1 amide bonds. The van der Waals surface area contributed by atoms with Crippen LogP contribution in [0.25, 0.3) is 6.08 Å². The zero-order chi connectivity index (χ0) is 23.8. The van der Waals surface area contributed by atoms with Gasteiger partial charge in [-0.25, -0.2) is 0 Å². The van der Waals surface area contributed by atoms with Crippen molar-refractivity contribution in [3.63, 3.8) is 0 Å². The lowest BCUT2D eigenvalue weighted by molar-refractivity contribution is -0.394. The molecule has 0 saturated heterocycles. The number of para-hydroxylation sites is 1. The molecule has 0 aliphatic rings. The van der Waals surface area contributed by atoms with Gasteiger partial charge in [0.05, 0.1) is 15.9 Å². The summed E-state index contributed by atoms with van der Waals surface area (Å²) in [6.07, 6.45) is 1.30. The van der Waals surface area contributed by atoms with Crippen LogP contribution in [0.15, 0.2) is 78.4 Å². The van der Waals surface area contributed by atoms with Crippen LogP contribution >= 0.6 is 0 Å². The molecule has 3 rings (SSSR count). The van der Waals surface area contributed by atoms with Gasteiger partial charge in [-0.1, -0.05) is 48.5 Å². The van der Waals surface area contributed by atoms with E-state index >= 15 is 0 Å². The second-order valence-electron chi connectivity index (χ2n) is 6.64. The summed E-state index contributed by atoms with van der Waals surface area (Å²) < 4.78 is 5.64. The average molecular weight is 444 g/mol. The van der Waals surface area contributed by atoms with Crippen LogP contribution in [0.2, 0.25) is 0 Å². The number of nitrogens with one attached hydrogen (secondary N) is 1. The third-order valence-corrected chi connectivity index (χ3v) is 4.45. The summed E-state index contributed by atoms with van der Waals surface area (Å²) in [5, 5.41) is 34.4. The van der Waals surface area contributed by atoms with E-state index in [0.29, 0.717) is 5.56 Å². The first kappa shape index (κ1) is 22.6. The van der Waals surface area contributed by atoms with Crippen molar-refractivity contribution in [2.45, 2.75) is 6.54 Å². The molecule has 0 spiro atoms. The minimum Gasteiger partial charge on any atom is -0.449 e. The molecule has 0 bridgehead atoms. The van der Waals surface area contributed by atoms with Gasteiger partial charge in [-0.3, -0.25) is 25.0 Å². The minimum atomic E-state index is -0.793. The Morgan fingerprint density at radius 2 is 1.67 bits per heavy atom. The molecule has 0 heterocycles. The van der Waals surface area contributed by atoms with Crippen LogP contribution in [0.4, 0.5) is 11.4 Å². The number of carbonyl (C=O) groups is 1. The summed E-state index contributed by atoms with van der Waals surface area (Å²) in [5.41, 5.74) is -0.0673. The maximum atomic E-state index is 12.5. The van der Waals surface area contributed by atoms with Gasteiger partial charge in [0.1, 0.15) is 17.4 Å². The van der Waals surface area contributed by atoms with Gasteiger partial charge in [0.2, 0.25) is 5.75 Å². The lowest BCUT2D eigenvalue weighted by Crippen LogP contribution is -2.23. The second-order valence-corrected chi connectivity index (χ2v) is 6.64. The monoisotopic (exact) mass is 444 g/mol. The summed E-state index contributed by atoms with van der Waals surface area (Å²) in [7, 11) is 0. The Morgan fingerprint density at radius 3 is 2.33 bits per heavy atom. The molecule has 3 aromatic carbocycles. The molecule has 0 aliphatic heterocycles. The SMILES string of the molecule is N#C/C(=C\c1ccccc1Oc1ccc([N+](=O)[O-])cc1[N+](=O)[O-])C(=O)NCc1ccccc1. The Balaban J connectivity index is 1.87. The number of non-ortho nitro benzene ring substituents is 1. The fraction of sp³-hybridized carbons (Fsp3) is 0.0435. The van der Waals surface area contributed by atoms with Crippen LogP contribution in [-0.2, 0) is 11.3 Å². The highest BCUT2D eigenvalue weighted by Crippen LogP contribution is 2.36. The van der Waals surface area contributed by atoms with Crippen molar-refractivity contribution in [1.82, 2.24) is 5.32 Å². The molecule has 10 nitrogen and oxygen atoms in total. The predicted molar refractivity (Wildman–Crippen MR) is 118 cm³/mol. The molecule has 0 aromatic heterocycles. The lowest BCUT2D eigenvalue weighted by Gasteiger charge is -2.10. The third-order valence-electron chi connectivity index (χ3n) is 4.45. The maximum Gasteiger partial charge on any atom is 0.318 e. The Morgan fingerprint density at radius 1 is 0.970 bits per heavy atom. The zero-order valence-corrected chi connectivity index (χ0v) is 17.0. The number of hydrogen-bond acceptors (Lipinski definition) is 7. The number of nitro benzene ring substituents is 2.